The van der Waals surface area contributed by atoms with Crippen LogP contribution in [-0.2, 0) is 11.3 Å². The molecule has 0 unspecified atom stereocenters. The quantitative estimate of drug-likeness (QED) is 0.800. The van der Waals surface area contributed by atoms with Gasteiger partial charge in [0.15, 0.2) is 0 Å². The maximum Gasteiger partial charge on any atom is 0.299 e. The lowest BCUT2D eigenvalue weighted by Crippen LogP contribution is -2.29. The van der Waals surface area contributed by atoms with Crippen molar-refractivity contribution < 1.29 is 9.59 Å². The fourth-order valence-electron chi connectivity index (χ4n) is 2.38. The number of nitrogens with zero attached hydrogens (tertiary/aromatic N) is 3. The molecule has 0 saturated heterocycles. The molecule has 2 aromatic rings. The highest BCUT2D eigenvalue weighted by molar-refractivity contribution is 7.15. The van der Waals surface area contributed by atoms with E-state index in [0.29, 0.717) is 20.7 Å². The highest BCUT2D eigenvalue weighted by atomic mass is 35.5. The Kier molecular flexibility index (Phi) is 3.07. The number of aryl methyl sites for hydroxylation is 2. The highest BCUT2D eigenvalue weighted by Crippen LogP contribution is 2.34. The Morgan fingerprint density at radius 1 is 1.25 bits per heavy atom. The molecular weight excluding hydrogens is 298 g/mol. The summed E-state index contributed by atoms with van der Waals surface area (Å²) in [6, 6.07) is 3.74. The predicted molar refractivity (Wildman–Crippen MR) is 76.4 cm³/mol. The number of fused-ring (bicyclic) bond motifs is 1. The van der Waals surface area contributed by atoms with Gasteiger partial charge in [-0.15, -0.1) is 10.2 Å². The average Bonchev–Trinajstić information content (AvgIpc) is 2.87. The molecule has 7 heteroatoms. The Morgan fingerprint density at radius 3 is 2.65 bits per heavy atom. The van der Waals surface area contributed by atoms with E-state index in [-0.39, 0.29) is 6.54 Å². The van der Waals surface area contributed by atoms with Crippen LogP contribution in [0.5, 0.6) is 0 Å². The van der Waals surface area contributed by atoms with Gasteiger partial charge < -0.3 is 0 Å². The molecule has 1 aliphatic heterocycles. The minimum absolute atomic E-state index is 0.213. The van der Waals surface area contributed by atoms with Crippen LogP contribution in [0.25, 0.3) is 0 Å². The molecule has 0 atom stereocenters. The van der Waals surface area contributed by atoms with Gasteiger partial charge in [0.05, 0.1) is 17.8 Å². The number of benzene rings is 1. The summed E-state index contributed by atoms with van der Waals surface area (Å²) in [6.45, 7) is 3.98. The number of anilines is 1. The predicted octanol–water partition coefficient (Wildman–Crippen LogP) is 2.54. The number of hydrogen-bond acceptors (Lipinski definition) is 5. The summed E-state index contributed by atoms with van der Waals surface area (Å²) in [7, 11) is 0. The van der Waals surface area contributed by atoms with Gasteiger partial charge in [-0.05, 0) is 42.6 Å². The summed E-state index contributed by atoms with van der Waals surface area (Å²) in [5.74, 6) is -0.992. The van der Waals surface area contributed by atoms with Crippen molar-refractivity contribution in [1.29, 1.82) is 0 Å². The van der Waals surface area contributed by atoms with Gasteiger partial charge in [-0.3, -0.25) is 14.5 Å². The molecule has 1 amide bonds. The molecule has 5 nitrogen and oxygen atoms in total. The number of aromatic nitrogens is 2. The monoisotopic (exact) mass is 307 g/mol. The first-order chi connectivity index (χ1) is 9.47. The van der Waals surface area contributed by atoms with E-state index in [9.17, 15) is 9.59 Å². The molecule has 0 saturated carbocycles. The van der Waals surface area contributed by atoms with Crippen LogP contribution in [0.3, 0.4) is 0 Å². The van der Waals surface area contributed by atoms with Crippen LogP contribution in [0.1, 0.15) is 26.5 Å². The Bertz CT molecular complexity index is 741. The Balaban J connectivity index is 2.06. The zero-order valence-corrected chi connectivity index (χ0v) is 12.4. The van der Waals surface area contributed by atoms with Crippen LogP contribution in [0.15, 0.2) is 12.1 Å². The molecule has 3 rings (SSSR count). The molecule has 20 heavy (non-hydrogen) atoms. The van der Waals surface area contributed by atoms with Crippen molar-refractivity contribution in [3.05, 3.63) is 38.3 Å². The molecule has 0 bridgehead atoms. The van der Waals surface area contributed by atoms with Crippen molar-refractivity contribution in [3.63, 3.8) is 0 Å². The summed E-state index contributed by atoms with van der Waals surface area (Å²) in [4.78, 5) is 25.7. The van der Waals surface area contributed by atoms with Gasteiger partial charge in [0.1, 0.15) is 5.01 Å². The normalized spacial score (nSPS) is 14.1. The van der Waals surface area contributed by atoms with Crippen molar-refractivity contribution in [3.8, 4) is 0 Å². The van der Waals surface area contributed by atoms with Crippen molar-refractivity contribution in [2.45, 2.75) is 20.4 Å². The lowest BCUT2D eigenvalue weighted by molar-refractivity contribution is -0.114. The van der Waals surface area contributed by atoms with E-state index < -0.39 is 11.7 Å². The van der Waals surface area contributed by atoms with Crippen LogP contribution in [0.4, 0.5) is 5.69 Å². The van der Waals surface area contributed by atoms with E-state index >= 15 is 0 Å². The van der Waals surface area contributed by atoms with Gasteiger partial charge >= 0.3 is 0 Å². The molecule has 1 aromatic heterocycles. The first kappa shape index (κ1) is 13.2. The molecule has 0 radical (unpaired) electrons. The molecule has 0 spiro atoms. The van der Waals surface area contributed by atoms with Gasteiger partial charge in [-0.1, -0.05) is 17.4 Å². The van der Waals surface area contributed by atoms with Gasteiger partial charge in [-0.25, -0.2) is 0 Å². The fourth-order valence-corrected chi connectivity index (χ4v) is 3.24. The average molecular weight is 308 g/mol. The lowest BCUT2D eigenvalue weighted by Gasteiger charge is -2.15. The number of rotatable bonds is 2. The zero-order chi connectivity index (χ0) is 14.4. The van der Waals surface area contributed by atoms with Crippen LogP contribution in [0, 0.1) is 13.8 Å². The fraction of sp³-hybridized carbons (Fsp3) is 0.231. The van der Waals surface area contributed by atoms with Crippen LogP contribution < -0.4 is 4.90 Å². The SMILES string of the molecule is Cc1cc(C)c2c(c1)N(Cc1nnc(Cl)s1)C(=O)C2=O. The van der Waals surface area contributed by atoms with E-state index in [1.54, 1.807) is 0 Å². The number of Topliss-reactive ketones (excluding diaryl/α,β-unsaturated/α-hetero) is 1. The molecule has 0 N–H and O–H groups in total. The van der Waals surface area contributed by atoms with E-state index in [2.05, 4.69) is 10.2 Å². The summed E-state index contributed by atoms with van der Waals surface area (Å²) in [5.41, 5.74) is 2.94. The molecule has 1 aromatic carbocycles. The number of halogens is 1. The number of carbonyl (C=O) groups is 2. The molecule has 1 aliphatic rings. The van der Waals surface area contributed by atoms with Gasteiger partial charge in [0.2, 0.25) is 4.47 Å². The molecule has 2 heterocycles. The highest BCUT2D eigenvalue weighted by Gasteiger charge is 2.37. The largest absolute Gasteiger partial charge is 0.299 e. The second-order valence-electron chi connectivity index (χ2n) is 4.65. The minimum atomic E-state index is -0.528. The van der Waals surface area contributed by atoms with Crippen molar-refractivity contribution >= 4 is 40.3 Å². The number of ketones is 1. The van der Waals surface area contributed by atoms with Gasteiger partial charge in [0.25, 0.3) is 11.7 Å². The third-order valence-electron chi connectivity index (χ3n) is 3.15. The first-order valence-corrected chi connectivity index (χ1v) is 7.12. The van der Waals surface area contributed by atoms with Crippen molar-refractivity contribution in [2.24, 2.45) is 0 Å². The number of hydrogen-bond donors (Lipinski definition) is 0. The number of carbonyl (C=O) groups excluding carboxylic acids is 2. The Labute approximate surface area is 124 Å². The van der Waals surface area contributed by atoms with E-state index in [1.165, 1.54) is 16.2 Å². The topological polar surface area (TPSA) is 63.2 Å². The number of amides is 1. The third kappa shape index (κ3) is 2.01. The molecule has 0 aliphatic carbocycles. The first-order valence-electron chi connectivity index (χ1n) is 5.92. The lowest BCUT2D eigenvalue weighted by atomic mass is 10.0. The van der Waals surface area contributed by atoms with Crippen LogP contribution in [-0.4, -0.2) is 21.9 Å². The second-order valence-corrected chi connectivity index (χ2v) is 6.29. The molecule has 102 valence electrons. The van der Waals surface area contributed by atoms with Crippen LogP contribution in [0.2, 0.25) is 4.47 Å². The van der Waals surface area contributed by atoms with E-state index in [1.807, 2.05) is 26.0 Å². The summed E-state index contributed by atoms with van der Waals surface area (Å²) < 4.78 is 0.318. The molecular formula is C13H10ClN3O2S. The van der Waals surface area contributed by atoms with E-state index in [4.69, 9.17) is 11.6 Å². The summed E-state index contributed by atoms with van der Waals surface area (Å²) in [6.07, 6.45) is 0. The van der Waals surface area contributed by atoms with Crippen molar-refractivity contribution in [1.82, 2.24) is 10.2 Å². The van der Waals surface area contributed by atoms with Crippen molar-refractivity contribution in [2.75, 3.05) is 4.90 Å². The standard InChI is InChI=1S/C13H10ClN3O2S/c1-6-3-7(2)10-8(4-6)17(12(19)11(10)18)5-9-15-16-13(14)20-9/h3-4H,5H2,1-2H3. The molecule has 0 fully saturated rings. The van der Waals surface area contributed by atoms with E-state index in [0.717, 1.165) is 11.1 Å². The smallest absolute Gasteiger partial charge is 0.298 e. The van der Waals surface area contributed by atoms with Crippen LogP contribution >= 0.6 is 22.9 Å². The van der Waals surface area contributed by atoms with Gasteiger partial charge in [-0.2, -0.15) is 0 Å². The van der Waals surface area contributed by atoms with Gasteiger partial charge in [0, 0.05) is 0 Å². The Hall–Kier alpha value is -1.79. The zero-order valence-electron chi connectivity index (χ0n) is 10.8. The summed E-state index contributed by atoms with van der Waals surface area (Å²) >= 11 is 6.94. The maximum absolute atomic E-state index is 12.1. The minimum Gasteiger partial charge on any atom is -0.298 e. The maximum atomic E-state index is 12.1. The summed E-state index contributed by atoms with van der Waals surface area (Å²) in [5, 5.41) is 8.19. The Morgan fingerprint density at radius 2 is 2.00 bits per heavy atom. The third-order valence-corrected chi connectivity index (χ3v) is 4.16. The second kappa shape index (κ2) is 4.64.